The van der Waals surface area contributed by atoms with Crippen molar-refractivity contribution in [3.05, 3.63) is 11.5 Å². The van der Waals surface area contributed by atoms with Crippen molar-refractivity contribution in [2.45, 2.75) is 51.4 Å². The number of halogens is 2. The second kappa shape index (κ2) is 56.3. The summed E-state index contributed by atoms with van der Waals surface area (Å²) in [6, 6.07) is 0. The first kappa shape index (κ1) is 56.5. The first-order valence-corrected chi connectivity index (χ1v) is 7.62. The molecule has 0 heterocycles. The molecule has 174 valence electrons. The summed E-state index contributed by atoms with van der Waals surface area (Å²) >= 11 is 0. The SMILES string of the molecule is N.N.N.N.[Cl-].[Cl-].[NH-]CCCCCCNCCNCCCCCC[NH-].[Pt+2].[Pt+2]. The van der Waals surface area contributed by atoms with Gasteiger partial charge in [-0.3, -0.25) is 0 Å². The normalized spacial score (nSPS) is 7.62. The molecule has 0 aliphatic heterocycles. The van der Waals surface area contributed by atoms with Crippen molar-refractivity contribution >= 4 is 0 Å². The van der Waals surface area contributed by atoms with Gasteiger partial charge in [-0.05, 0) is 25.9 Å². The predicted molar refractivity (Wildman–Crippen MR) is 101 cm³/mol. The van der Waals surface area contributed by atoms with Crippen LogP contribution in [0.4, 0.5) is 0 Å². The molecule has 0 aliphatic rings. The fourth-order valence-corrected chi connectivity index (χ4v) is 1.88. The van der Waals surface area contributed by atoms with Gasteiger partial charge in [0.2, 0.25) is 0 Å². The number of rotatable bonds is 15. The third-order valence-corrected chi connectivity index (χ3v) is 3.04. The Labute approximate surface area is 203 Å². The molecule has 0 amide bonds. The van der Waals surface area contributed by atoms with Crippen molar-refractivity contribution in [1.82, 2.24) is 35.2 Å². The summed E-state index contributed by atoms with van der Waals surface area (Å²) in [5.41, 5.74) is 14.1. The van der Waals surface area contributed by atoms with Gasteiger partial charge in [-0.1, -0.05) is 38.5 Å². The molecule has 0 bridgehead atoms. The minimum Gasteiger partial charge on any atom is -1.00 e. The summed E-state index contributed by atoms with van der Waals surface area (Å²) in [4.78, 5) is 0. The number of hydrogen-bond donors (Lipinski definition) is 6. The first-order chi connectivity index (χ1) is 8.91. The molecule has 8 nitrogen and oxygen atoms in total. The van der Waals surface area contributed by atoms with Gasteiger partial charge in [0, 0.05) is 13.1 Å². The van der Waals surface area contributed by atoms with E-state index in [4.69, 9.17) is 11.5 Å². The zero-order chi connectivity index (χ0) is 13.3. The van der Waals surface area contributed by atoms with Crippen LogP contribution in [0, 0.1) is 0 Å². The van der Waals surface area contributed by atoms with E-state index in [1.807, 2.05) is 0 Å². The van der Waals surface area contributed by atoms with Crippen molar-refractivity contribution in [2.75, 3.05) is 39.3 Å². The van der Waals surface area contributed by atoms with Gasteiger partial charge < -0.3 is 71.5 Å². The summed E-state index contributed by atoms with van der Waals surface area (Å²) < 4.78 is 0. The standard InChI is InChI=1S/C14H32N4.2ClH.4H3N.2Pt/c15-9-5-1-3-7-11-17-13-14-18-12-8-4-2-6-10-16;;;;;;;;/h15-18H,1-14H2;2*1H;4*1H3;;/q-2;;;;;;;2*+2/p-2. The van der Waals surface area contributed by atoms with Crippen molar-refractivity contribution in [3.63, 3.8) is 0 Å². The predicted octanol–water partition coefficient (Wildman–Crippen LogP) is -1.96. The van der Waals surface area contributed by atoms with Crippen LogP contribution in [0.2, 0.25) is 0 Å². The van der Waals surface area contributed by atoms with Crippen LogP contribution in [0.25, 0.3) is 11.5 Å². The second-order valence-electron chi connectivity index (χ2n) is 4.83. The van der Waals surface area contributed by atoms with E-state index in [1.54, 1.807) is 0 Å². The summed E-state index contributed by atoms with van der Waals surface area (Å²) in [6.45, 7) is 5.51. The average Bonchev–Trinajstić information content (AvgIpc) is 2.39. The fraction of sp³-hybridized carbons (Fsp3) is 1.00. The molecule has 26 heavy (non-hydrogen) atoms. The molecule has 0 unspecified atom stereocenters. The molecule has 0 aromatic carbocycles. The molecule has 0 saturated heterocycles. The van der Waals surface area contributed by atoms with Crippen molar-refractivity contribution in [1.29, 1.82) is 0 Å². The zero-order valence-corrected chi connectivity index (χ0v) is 22.2. The van der Waals surface area contributed by atoms with E-state index in [-0.39, 0.29) is 91.5 Å². The topological polar surface area (TPSA) is 212 Å². The number of nitrogens with one attached hydrogen (secondary N) is 4. The molecule has 0 fully saturated rings. The molecule has 16 N–H and O–H groups in total. The van der Waals surface area contributed by atoms with Crippen LogP contribution in [0.15, 0.2) is 0 Å². The van der Waals surface area contributed by atoms with Gasteiger partial charge in [0.1, 0.15) is 0 Å². The Morgan fingerprint density at radius 2 is 0.692 bits per heavy atom. The van der Waals surface area contributed by atoms with Gasteiger partial charge >= 0.3 is 42.1 Å². The van der Waals surface area contributed by atoms with Crippen LogP contribution >= 0.6 is 0 Å². The minimum absolute atomic E-state index is 0. The van der Waals surface area contributed by atoms with E-state index in [0.29, 0.717) is 13.1 Å². The fourth-order valence-electron chi connectivity index (χ4n) is 1.88. The molecule has 0 rings (SSSR count). The average molecular weight is 786 g/mol. The maximum Gasteiger partial charge on any atom is 2.00 e. The Bertz CT molecular complexity index is 153. The molecule has 0 radical (unpaired) electrons. The van der Waals surface area contributed by atoms with E-state index >= 15 is 0 Å². The monoisotopic (exact) mass is 784 g/mol. The van der Waals surface area contributed by atoms with E-state index in [0.717, 1.165) is 39.0 Å². The van der Waals surface area contributed by atoms with Crippen molar-refractivity contribution in [3.8, 4) is 0 Å². The second-order valence-corrected chi connectivity index (χ2v) is 4.83. The van der Waals surface area contributed by atoms with Crippen LogP contribution in [-0.4, -0.2) is 39.3 Å². The Morgan fingerprint density at radius 3 is 0.962 bits per heavy atom. The molecular formula is C14H44Cl2N8Pt2. The van der Waals surface area contributed by atoms with Crippen molar-refractivity contribution in [2.24, 2.45) is 0 Å². The van der Waals surface area contributed by atoms with Gasteiger partial charge in [-0.25, -0.2) is 0 Å². The van der Waals surface area contributed by atoms with E-state index < -0.39 is 0 Å². The quantitative estimate of drug-likeness (QED) is 0.104. The van der Waals surface area contributed by atoms with Gasteiger partial charge in [-0.2, -0.15) is 13.1 Å². The molecule has 12 heteroatoms. The molecule has 0 saturated carbocycles. The third kappa shape index (κ3) is 56.2. The van der Waals surface area contributed by atoms with Gasteiger partial charge in [0.25, 0.3) is 0 Å². The summed E-state index contributed by atoms with van der Waals surface area (Å²) in [5, 5.41) is 6.88. The molecule has 0 aliphatic carbocycles. The van der Waals surface area contributed by atoms with E-state index in [2.05, 4.69) is 10.6 Å². The van der Waals surface area contributed by atoms with Gasteiger partial charge in [0.05, 0.1) is 0 Å². The molecule has 0 aromatic rings. The summed E-state index contributed by atoms with van der Waals surface area (Å²) in [7, 11) is 0. The zero-order valence-electron chi connectivity index (χ0n) is 16.1. The Kier molecular flexibility index (Phi) is 122. The molecule has 0 atom stereocenters. The Morgan fingerprint density at radius 1 is 0.423 bits per heavy atom. The van der Waals surface area contributed by atoms with Gasteiger partial charge in [0.15, 0.2) is 0 Å². The summed E-state index contributed by atoms with van der Waals surface area (Å²) in [6.07, 6.45) is 9.54. The van der Waals surface area contributed by atoms with Crippen LogP contribution in [0.5, 0.6) is 0 Å². The Hall–Kier alpha value is 1.64. The maximum absolute atomic E-state index is 7.03. The largest absolute Gasteiger partial charge is 2.00 e. The van der Waals surface area contributed by atoms with Gasteiger partial charge in [-0.15, -0.1) is 0 Å². The smallest absolute Gasteiger partial charge is 1.00 e. The van der Waals surface area contributed by atoms with Crippen LogP contribution < -0.4 is 60.0 Å². The number of hydrogen-bond acceptors (Lipinski definition) is 6. The van der Waals surface area contributed by atoms with Crippen LogP contribution in [0.1, 0.15) is 51.4 Å². The Balaban J connectivity index is -0.0000000516. The van der Waals surface area contributed by atoms with E-state index in [9.17, 15) is 0 Å². The van der Waals surface area contributed by atoms with Crippen LogP contribution in [-0.2, 0) is 42.1 Å². The molecule has 0 spiro atoms. The maximum atomic E-state index is 7.03. The third-order valence-electron chi connectivity index (χ3n) is 3.04. The molecule has 0 aromatic heterocycles. The van der Waals surface area contributed by atoms with E-state index in [1.165, 1.54) is 38.5 Å². The minimum atomic E-state index is 0. The van der Waals surface area contributed by atoms with Crippen LogP contribution in [0.3, 0.4) is 0 Å². The summed E-state index contributed by atoms with van der Waals surface area (Å²) in [5.74, 6) is 0. The first-order valence-electron chi connectivity index (χ1n) is 7.62. The number of unbranched alkanes of at least 4 members (excludes halogenated alkanes) is 6. The molecular weight excluding hydrogens is 741 g/mol. The van der Waals surface area contributed by atoms with Crippen molar-refractivity contribution < 1.29 is 66.9 Å².